The number of aryl methyl sites for hydroxylation is 1. The van der Waals surface area contributed by atoms with E-state index in [4.69, 9.17) is 4.74 Å². The molecular formula is C18H27NO6. The number of carbonyl (C=O) groups is 2. The van der Waals surface area contributed by atoms with Crippen molar-refractivity contribution in [3.8, 4) is 0 Å². The lowest BCUT2D eigenvalue weighted by atomic mass is 9.96. The van der Waals surface area contributed by atoms with Crippen molar-refractivity contribution in [3.63, 3.8) is 0 Å². The van der Waals surface area contributed by atoms with Gasteiger partial charge in [-0.2, -0.15) is 0 Å². The van der Waals surface area contributed by atoms with E-state index in [1.165, 1.54) is 13.2 Å². The Hall–Kier alpha value is -2.12. The van der Waals surface area contributed by atoms with Crippen LogP contribution in [0.1, 0.15) is 54.8 Å². The average Bonchev–Trinajstić information content (AvgIpc) is 2.52. The van der Waals surface area contributed by atoms with Crippen molar-refractivity contribution in [2.45, 2.75) is 51.9 Å². The minimum absolute atomic E-state index is 0.127. The summed E-state index contributed by atoms with van der Waals surface area (Å²) < 4.78 is 9.75. The van der Waals surface area contributed by atoms with E-state index in [0.717, 1.165) is 5.56 Å². The number of aliphatic hydroxyl groups excluding tert-OH is 2. The minimum Gasteiger partial charge on any atom is -0.465 e. The van der Waals surface area contributed by atoms with Gasteiger partial charge in [-0.1, -0.05) is 6.07 Å². The van der Waals surface area contributed by atoms with Crippen LogP contribution in [0.5, 0.6) is 0 Å². The number of rotatable bonds is 6. The first kappa shape index (κ1) is 20.9. The monoisotopic (exact) mass is 353 g/mol. The van der Waals surface area contributed by atoms with Gasteiger partial charge in [-0.25, -0.2) is 9.59 Å². The lowest BCUT2D eigenvalue weighted by Gasteiger charge is -2.22. The summed E-state index contributed by atoms with van der Waals surface area (Å²) in [6, 6.07) is 4.76. The van der Waals surface area contributed by atoms with Crippen molar-refractivity contribution < 1.29 is 29.3 Å². The van der Waals surface area contributed by atoms with Gasteiger partial charge in [-0.3, -0.25) is 0 Å². The predicted octanol–water partition coefficient (Wildman–Crippen LogP) is 2.09. The van der Waals surface area contributed by atoms with Crippen molar-refractivity contribution in [1.29, 1.82) is 0 Å². The molecule has 0 aliphatic heterocycles. The van der Waals surface area contributed by atoms with E-state index in [1.54, 1.807) is 39.8 Å². The van der Waals surface area contributed by atoms with Crippen LogP contribution in [0, 0.1) is 6.92 Å². The molecule has 0 spiro atoms. The Kier molecular flexibility index (Phi) is 7.38. The van der Waals surface area contributed by atoms with Crippen LogP contribution in [0.4, 0.5) is 4.79 Å². The predicted molar refractivity (Wildman–Crippen MR) is 92.3 cm³/mol. The van der Waals surface area contributed by atoms with Gasteiger partial charge in [-0.05, 0) is 57.4 Å². The molecule has 0 aliphatic rings. The topological polar surface area (TPSA) is 105 Å². The van der Waals surface area contributed by atoms with Gasteiger partial charge in [0.25, 0.3) is 0 Å². The molecule has 0 saturated carbocycles. The molecule has 0 aliphatic carbocycles. The van der Waals surface area contributed by atoms with Gasteiger partial charge in [0.05, 0.1) is 18.8 Å². The molecule has 140 valence electrons. The van der Waals surface area contributed by atoms with Crippen LogP contribution in [0.3, 0.4) is 0 Å². The van der Waals surface area contributed by atoms with Gasteiger partial charge in [0, 0.05) is 6.54 Å². The van der Waals surface area contributed by atoms with Crippen LogP contribution >= 0.6 is 0 Å². The summed E-state index contributed by atoms with van der Waals surface area (Å²) in [6.45, 7) is 7.17. The molecule has 1 rings (SSSR count). The average molecular weight is 353 g/mol. The van der Waals surface area contributed by atoms with Gasteiger partial charge in [0.1, 0.15) is 11.7 Å². The number of nitrogens with one attached hydrogen (secondary N) is 1. The Morgan fingerprint density at radius 3 is 2.44 bits per heavy atom. The number of esters is 1. The molecule has 0 radical (unpaired) electrons. The third kappa shape index (κ3) is 6.72. The van der Waals surface area contributed by atoms with Crippen molar-refractivity contribution in [2.24, 2.45) is 0 Å². The molecule has 2 unspecified atom stereocenters. The van der Waals surface area contributed by atoms with Crippen molar-refractivity contribution in [2.75, 3.05) is 13.7 Å². The van der Waals surface area contributed by atoms with Crippen molar-refractivity contribution in [1.82, 2.24) is 5.32 Å². The van der Waals surface area contributed by atoms with E-state index < -0.39 is 29.9 Å². The number of amides is 1. The van der Waals surface area contributed by atoms with Gasteiger partial charge in [-0.15, -0.1) is 0 Å². The molecule has 7 nitrogen and oxygen atoms in total. The van der Waals surface area contributed by atoms with Crippen LogP contribution in [0.15, 0.2) is 18.2 Å². The van der Waals surface area contributed by atoms with Crippen molar-refractivity contribution >= 4 is 12.1 Å². The molecule has 1 aromatic rings. The maximum absolute atomic E-state index is 11.6. The fourth-order valence-electron chi connectivity index (χ4n) is 2.21. The van der Waals surface area contributed by atoms with Crippen LogP contribution in [-0.2, 0) is 9.47 Å². The summed E-state index contributed by atoms with van der Waals surface area (Å²) in [7, 11) is 1.27. The number of hydrogen-bond donors (Lipinski definition) is 3. The summed E-state index contributed by atoms with van der Waals surface area (Å²) in [5.74, 6) is -0.519. The van der Waals surface area contributed by atoms with Crippen LogP contribution < -0.4 is 5.32 Å². The number of benzene rings is 1. The number of ether oxygens (including phenoxy) is 2. The summed E-state index contributed by atoms with van der Waals surface area (Å²) in [5.41, 5.74) is 0.862. The highest BCUT2D eigenvalue weighted by Gasteiger charge is 2.22. The lowest BCUT2D eigenvalue weighted by molar-refractivity contribution is 0.0118. The smallest absolute Gasteiger partial charge is 0.407 e. The summed E-state index contributed by atoms with van der Waals surface area (Å²) >= 11 is 0. The zero-order chi connectivity index (χ0) is 19.2. The molecule has 0 heterocycles. The number of methoxy groups -OCH3 is 1. The second-order valence-corrected chi connectivity index (χ2v) is 6.79. The Balaban J connectivity index is 2.66. The highest BCUT2D eigenvalue weighted by atomic mass is 16.6. The van der Waals surface area contributed by atoms with Gasteiger partial charge in [0.2, 0.25) is 0 Å². The Morgan fingerprint density at radius 2 is 1.88 bits per heavy atom. The van der Waals surface area contributed by atoms with E-state index in [0.29, 0.717) is 11.1 Å². The maximum atomic E-state index is 11.6. The SMILES string of the molecule is COC(=O)c1ccc(C)c(C(O)C(O)CCNC(=O)OC(C)(C)C)c1. The number of hydrogen-bond acceptors (Lipinski definition) is 6. The zero-order valence-corrected chi connectivity index (χ0v) is 15.3. The summed E-state index contributed by atoms with van der Waals surface area (Å²) in [5, 5.41) is 23.0. The molecule has 2 atom stereocenters. The first-order valence-electron chi connectivity index (χ1n) is 8.07. The third-order valence-corrected chi connectivity index (χ3v) is 3.49. The molecule has 0 aromatic heterocycles. The molecule has 25 heavy (non-hydrogen) atoms. The number of carbonyl (C=O) groups excluding carboxylic acids is 2. The van der Waals surface area contributed by atoms with Gasteiger partial charge >= 0.3 is 12.1 Å². The highest BCUT2D eigenvalue weighted by molar-refractivity contribution is 5.89. The Morgan fingerprint density at radius 1 is 1.24 bits per heavy atom. The van der Waals surface area contributed by atoms with Gasteiger partial charge in [0.15, 0.2) is 0 Å². The normalized spacial score (nSPS) is 13.7. The first-order chi connectivity index (χ1) is 11.5. The van der Waals surface area contributed by atoms with E-state index in [-0.39, 0.29) is 13.0 Å². The second kappa shape index (κ2) is 8.82. The van der Waals surface area contributed by atoms with E-state index in [9.17, 15) is 19.8 Å². The molecule has 0 bridgehead atoms. The van der Waals surface area contributed by atoms with Crippen LogP contribution in [-0.4, -0.2) is 47.6 Å². The minimum atomic E-state index is -1.19. The number of aliphatic hydroxyl groups is 2. The van der Waals surface area contributed by atoms with E-state index >= 15 is 0 Å². The third-order valence-electron chi connectivity index (χ3n) is 3.49. The summed E-state index contributed by atoms with van der Waals surface area (Å²) in [6.07, 6.45) is -2.76. The first-order valence-corrected chi connectivity index (χ1v) is 8.07. The molecule has 0 saturated heterocycles. The molecule has 0 fully saturated rings. The standard InChI is InChI=1S/C18H27NO6/c1-11-6-7-12(16(22)24-5)10-13(11)15(21)14(20)8-9-19-17(23)25-18(2,3)4/h6-7,10,14-15,20-21H,8-9H2,1-5H3,(H,19,23). The Bertz CT molecular complexity index is 608. The fourth-order valence-corrected chi connectivity index (χ4v) is 2.21. The molecule has 7 heteroatoms. The second-order valence-electron chi connectivity index (χ2n) is 6.79. The van der Waals surface area contributed by atoms with Crippen LogP contribution in [0.25, 0.3) is 0 Å². The number of alkyl carbamates (subject to hydrolysis) is 1. The van der Waals surface area contributed by atoms with E-state index in [1.807, 2.05) is 0 Å². The fraction of sp³-hybridized carbons (Fsp3) is 0.556. The van der Waals surface area contributed by atoms with Gasteiger partial charge < -0.3 is 25.0 Å². The molecule has 3 N–H and O–H groups in total. The Labute approximate surface area is 147 Å². The molecular weight excluding hydrogens is 326 g/mol. The lowest BCUT2D eigenvalue weighted by Crippen LogP contribution is -2.34. The molecule has 1 aromatic carbocycles. The largest absolute Gasteiger partial charge is 0.465 e. The quantitative estimate of drug-likeness (QED) is 0.676. The van der Waals surface area contributed by atoms with Crippen molar-refractivity contribution in [3.05, 3.63) is 34.9 Å². The maximum Gasteiger partial charge on any atom is 0.407 e. The summed E-state index contributed by atoms with van der Waals surface area (Å²) in [4.78, 5) is 23.2. The van der Waals surface area contributed by atoms with E-state index in [2.05, 4.69) is 10.1 Å². The van der Waals surface area contributed by atoms with Crippen LogP contribution in [0.2, 0.25) is 0 Å². The zero-order valence-electron chi connectivity index (χ0n) is 15.3. The molecule has 1 amide bonds. The highest BCUT2D eigenvalue weighted by Crippen LogP contribution is 2.24.